The molecule has 0 spiro atoms. The number of anilines is 3. The van der Waals surface area contributed by atoms with Crippen molar-refractivity contribution in [1.29, 1.82) is 0 Å². The van der Waals surface area contributed by atoms with Crippen LogP contribution in [0.15, 0.2) is 42.5 Å². The quantitative estimate of drug-likeness (QED) is 0.651. The van der Waals surface area contributed by atoms with E-state index in [1.807, 2.05) is 0 Å². The molecule has 142 valence electrons. The maximum Gasteiger partial charge on any atom is 0.246 e. The summed E-state index contributed by atoms with van der Waals surface area (Å²) in [4.78, 5) is 35.2. The van der Waals surface area contributed by atoms with Gasteiger partial charge in [-0.1, -0.05) is 12.1 Å². The standard InChI is InChI=1S/C20H23N3O4/c1-12(20(26)23-16-7-5-6-15(10-16)13(2)24)21-18-11-17(22-14(3)25)8-9-19(18)27-4/h5-12,21H,1-4H3,(H,22,25)(H,23,26). The van der Waals surface area contributed by atoms with Gasteiger partial charge in [-0.2, -0.15) is 0 Å². The van der Waals surface area contributed by atoms with Gasteiger partial charge in [0, 0.05) is 23.9 Å². The normalized spacial score (nSPS) is 11.3. The first-order valence-electron chi connectivity index (χ1n) is 8.44. The first-order chi connectivity index (χ1) is 12.8. The number of methoxy groups -OCH3 is 1. The van der Waals surface area contributed by atoms with E-state index in [2.05, 4.69) is 16.0 Å². The number of amides is 2. The van der Waals surface area contributed by atoms with E-state index >= 15 is 0 Å². The number of rotatable bonds is 7. The van der Waals surface area contributed by atoms with Gasteiger partial charge in [0.2, 0.25) is 11.8 Å². The average Bonchev–Trinajstić information content (AvgIpc) is 2.61. The van der Waals surface area contributed by atoms with Gasteiger partial charge in [-0.25, -0.2) is 0 Å². The summed E-state index contributed by atoms with van der Waals surface area (Å²) in [5.74, 6) is 0.00377. The number of nitrogens with one attached hydrogen (secondary N) is 3. The third-order valence-electron chi connectivity index (χ3n) is 3.82. The van der Waals surface area contributed by atoms with Crippen LogP contribution in [0.25, 0.3) is 0 Å². The monoisotopic (exact) mass is 369 g/mol. The van der Waals surface area contributed by atoms with E-state index in [1.54, 1.807) is 49.4 Å². The number of benzene rings is 2. The fraction of sp³-hybridized carbons (Fsp3) is 0.250. The van der Waals surface area contributed by atoms with Crippen LogP contribution in [-0.2, 0) is 9.59 Å². The number of hydrogen-bond acceptors (Lipinski definition) is 5. The zero-order valence-electron chi connectivity index (χ0n) is 15.8. The van der Waals surface area contributed by atoms with E-state index in [1.165, 1.54) is 21.0 Å². The van der Waals surface area contributed by atoms with Crippen molar-refractivity contribution in [2.45, 2.75) is 26.8 Å². The molecular weight excluding hydrogens is 346 g/mol. The Bertz CT molecular complexity index is 864. The van der Waals surface area contributed by atoms with Crippen molar-refractivity contribution in [2.75, 3.05) is 23.1 Å². The molecule has 3 N–H and O–H groups in total. The minimum atomic E-state index is -0.590. The Labute approximate surface area is 158 Å². The van der Waals surface area contributed by atoms with Gasteiger partial charge in [-0.15, -0.1) is 0 Å². The van der Waals surface area contributed by atoms with E-state index in [0.29, 0.717) is 28.4 Å². The highest BCUT2D eigenvalue weighted by molar-refractivity contribution is 5.99. The predicted molar refractivity (Wildman–Crippen MR) is 105 cm³/mol. The van der Waals surface area contributed by atoms with Gasteiger partial charge < -0.3 is 20.7 Å². The van der Waals surface area contributed by atoms with E-state index in [-0.39, 0.29) is 17.6 Å². The zero-order valence-corrected chi connectivity index (χ0v) is 15.8. The molecule has 0 aliphatic carbocycles. The molecule has 1 atom stereocenters. The molecule has 0 bridgehead atoms. The second-order valence-corrected chi connectivity index (χ2v) is 6.09. The van der Waals surface area contributed by atoms with E-state index in [4.69, 9.17) is 4.74 Å². The molecule has 7 heteroatoms. The molecule has 7 nitrogen and oxygen atoms in total. The van der Waals surface area contributed by atoms with Crippen LogP contribution in [0.3, 0.4) is 0 Å². The van der Waals surface area contributed by atoms with Crippen molar-refractivity contribution in [1.82, 2.24) is 0 Å². The molecule has 2 rings (SSSR count). The number of carbonyl (C=O) groups excluding carboxylic acids is 3. The molecule has 0 saturated carbocycles. The SMILES string of the molecule is COc1ccc(NC(C)=O)cc1NC(C)C(=O)Nc1cccc(C(C)=O)c1. The lowest BCUT2D eigenvalue weighted by atomic mass is 10.1. The summed E-state index contributed by atoms with van der Waals surface area (Å²) < 4.78 is 5.30. The molecule has 0 heterocycles. The molecule has 2 aromatic rings. The highest BCUT2D eigenvalue weighted by atomic mass is 16.5. The van der Waals surface area contributed by atoms with E-state index < -0.39 is 6.04 Å². The number of carbonyl (C=O) groups is 3. The van der Waals surface area contributed by atoms with E-state index in [9.17, 15) is 14.4 Å². The Morgan fingerprint density at radius 1 is 0.963 bits per heavy atom. The third-order valence-corrected chi connectivity index (χ3v) is 3.82. The molecule has 0 radical (unpaired) electrons. The molecule has 0 fully saturated rings. The Balaban J connectivity index is 2.12. The summed E-state index contributed by atoms with van der Waals surface area (Å²) in [5, 5.41) is 8.54. The molecule has 0 aromatic heterocycles. The fourth-order valence-electron chi connectivity index (χ4n) is 2.47. The first-order valence-corrected chi connectivity index (χ1v) is 8.44. The summed E-state index contributed by atoms with van der Waals surface area (Å²) >= 11 is 0. The van der Waals surface area contributed by atoms with Crippen molar-refractivity contribution < 1.29 is 19.1 Å². The Morgan fingerprint density at radius 3 is 2.30 bits per heavy atom. The lowest BCUT2D eigenvalue weighted by molar-refractivity contribution is -0.116. The summed E-state index contributed by atoms with van der Waals surface area (Å²) in [5.41, 5.74) is 2.23. The molecule has 1 unspecified atom stereocenters. The summed E-state index contributed by atoms with van der Waals surface area (Å²) in [6.07, 6.45) is 0. The van der Waals surface area contributed by atoms with Crippen LogP contribution in [0, 0.1) is 0 Å². The second-order valence-electron chi connectivity index (χ2n) is 6.09. The van der Waals surface area contributed by atoms with Crippen molar-refractivity contribution >= 4 is 34.7 Å². The summed E-state index contributed by atoms with van der Waals surface area (Å²) in [6, 6.07) is 11.3. The summed E-state index contributed by atoms with van der Waals surface area (Å²) in [6.45, 7) is 4.59. The second kappa shape index (κ2) is 8.84. The molecule has 0 saturated heterocycles. The topological polar surface area (TPSA) is 96.5 Å². The third kappa shape index (κ3) is 5.57. The van der Waals surface area contributed by atoms with Crippen LogP contribution in [0.5, 0.6) is 5.75 Å². The zero-order chi connectivity index (χ0) is 20.0. The highest BCUT2D eigenvalue weighted by Crippen LogP contribution is 2.28. The van der Waals surface area contributed by atoms with Crippen LogP contribution < -0.4 is 20.7 Å². The number of ketones is 1. The van der Waals surface area contributed by atoms with Gasteiger partial charge in [0.15, 0.2) is 5.78 Å². The number of hydrogen-bond donors (Lipinski definition) is 3. The van der Waals surface area contributed by atoms with Gasteiger partial charge in [0.25, 0.3) is 0 Å². The molecule has 0 aliphatic heterocycles. The van der Waals surface area contributed by atoms with Crippen LogP contribution in [0.4, 0.5) is 17.1 Å². The van der Waals surface area contributed by atoms with Crippen LogP contribution >= 0.6 is 0 Å². The fourth-order valence-corrected chi connectivity index (χ4v) is 2.47. The lowest BCUT2D eigenvalue weighted by Crippen LogP contribution is -2.32. The average molecular weight is 369 g/mol. The van der Waals surface area contributed by atoms with E-state index in [0.717, 1.165) is 0 Å². The van der Waals surface area contributed by atoms with Crippen molar-refractivity contribution in [2.24, 2.45) is 0 Å². The van der Waals surface area contributed by atoms with Crippen molar-refractivity contribution in [3.8, 4) is 5.75 Å². The maximum atomic E-state index is 12.5. The molecular formula is C20H23N3O4. The molecule has 27 heavy (non-hydrogen) atoms. The Morgan fingerprint density at radius 2 is 1.67 bits per heavy atom. The van der Waals surface area contributed by atoms with Gasteiger partial charge in [0.1, 0.15) is 11.8 Å². The van der Waals surface area contributed by atoms with Gasteiger partial charge in [-0.05, 0) is 44.2 Å². The number of ether oxygens (including phenoxy) is 1. The Kier molecular flexibility index (Phi) is 6.54. The minimum absolute atomic E-state index is 0.0724. The molecule has 2 amide bonds. The minimum Gasteiger partial charge on any atom is -0.495 e. The van der Waals surface area contributed by atoms with Gasteiger partial charge in [0.05, 0.1) is 12.8 Å². The van der Waals surface area contributed by atoms with Crippen molar-refractivity contribution in [3.05, 3.63) is 48.0 Å². The smallest absolute Gasteiger partial charge is 0.246 e. The Hall–Kier alpha value is -3.35. The highest BCUT2D eigenvalue weighted by Gasteiger charge is 2.16. The lowest BCUT2D eigenvalue weighted by Gasteiger charge is -2.18. The molecule has 2 aromatic carbocycles. The van der Waals surface area contributed by atoms with Crippen LogP contribution in [0.1, 0.15) is 31.1 Å². The van der Waals surface area contributed by atoms with Crippen LogP contribution in [0.2, 0.25) is 0 Å². The first kappa shape index (κ1) is 20.0. The number of Topliss-reactive ketones (excluding diaryl/α,β-unsaturated/α-hetero) is 1. The largest absolute Gasteiger partial charge is 0.495 e. The predicted octanol–water partition coefficient (Wildman–Crippen LogP) is 3.30. The van der Waals surface area contributed by atoms with Crippen molar-refractivity contribution in [3.63, 3.8) is 0 Å². The van der Waals surface area contributed by atoms with Gasteiger partial charge >= 0.3 is 0 Å². The van der Waals surface area contributed by atoms with Gasteiger partial charge in [-0.3, -0.25) is 14.4 Å². The summed E-state index contributed by atoms with van der Waals surface area (Å²) in [7, 11) is 1.52. The molecule has 0 aliphatic rings. The van der Waals surface area contributed by atoms with Crippen LogP contribution in [-0.4, -0.2) is 30.7 Å². The maximum absolute atomic E-state index is 12.5.